The maximum atomic E-state index is 14.4. The van der Waals surface area contributed by atoms with E-state index in [1.807, 2.05) is 4.90 Å². The minimum atomic E-state index is -4.48. The number of anilines is 2. The van der Waals surface area contributed by atoms with Crippen molar-refractivity contribution in [2.24, 2.45) is 5.41 Å². The summed E-state index contributed by atoms with van der Waals surface area (Å²) in [6, 6.07) is 7.38. The summed E-state index contributed by atoms with van der Waals surface area (Å²) in [5, 5.41) is 2.75. The number of thiol groups is 1. The van der Waals surface area contributed by atoms with Gasteiger partial charge in [0.2, 0.25) is 16.8 Å². The summed E-state index contributed by atoms with van der Waals surface area (Å²) in [6.07, 6.45) is -2.81. The summed E-state index contributed by atoms with van der Waals surface area (Å²) >= 11 is 0. The van der Waals surface area contributed by atoms with E-state index >= 15 is 0 Å². The van der Waals surface area contributed by atoms with Crippen molar-refractivity contribution in [3.8, 4) is 0 Å². The van der Waals surface area contributed by atoms with Crippen LogP contribution in [0.3, 0.4) is 0 Å². The second-order valence-electron chi connectivity index (χ2n) is 9.90. The lowest BCUT2D eigenvalue weighted by molar-refractivity contribution is -0.137. The highest BCUT2D eigenvalue weighted by molar-refractivity contribution is 7.74. The SMILES string of the molecule is CC(C(=O)NCc1ccc(C(F)(F)F)cc1N1CCC(C)(C)CC1)c1ccc(N(C)[SH](=O)=O)c(F)c1. The highest BCUT2D eigenvalue weighted by Crippen LogP contribution is 2.37. The van der Waals surface area contributed by atoms with Crippen molar-refractivity contribution in [1.29, 1.82) is 0 Å². The van der Waals surface area contributed by atoms with Crippen LogP contribution in [-0.2, 0) is 28.4 Å². The maximum absolute atomic E-state index is 14.4. The van der Waals surface area contributed by atoms with Gasteiger partial charge in [0.05, 0.1) is 17.2 Å². The summed E-state index contributed by atoms with van der Waals surface area (Å²) < 4.78 is 77.6. The molecule has 36 heavy (non-hydrogen) atoms. The molecule has 0 aromatic heterocycles. The molecule has 1 unspecified atom stereocenters. The zero-order valence-electron chi connectivity index (χ0n) is 20.7. The molecular weight excluding hydrogens is 498 g/mol. The Hall–Kier alpha value is -2.82. The number of carbonyl (C=O) groups excluding carboxylic acids is 1. The van der Waals surface area contributed by atoms with Gasteiger partial charge in [-0.1, -0.05) is 26.0 Å². The van der Waals surface area contributed by atoms with Crippen molar-refractivity contribution >= 4 is 28.2 Å². The van der Waals surface area contributed by atoms with Gasteiger partial charge in [0.25, 0.3) is 0 Å². The van der Waals surface area contributed by atoms with Gasteiger partial charge in [-0.15, -0.1) is 0 Å². The van der Waals surface area contributed by atoms with E-state index in [2.05, 4.69) is 19.2 Å². The first-order valence-electron chi connectivity index (χ1n) is 11.6. The topological polar surface area (TPSA) is 69.7 Å². The van der Waals surface area contributed by atoms with Crippen LogP contribution in [0, 0.1) is 11.2 Å². The Kier molecular flexibility index (Phi) is 8.22. The second-order valence-corrected chi connectivity index (χ2v) is 11.0. The van der Waals surface area contributed by atoms with Crippen molar-refractivity contribution in [1.82, 2.24) is 5.32 Å². The van der Waals surface area contributed by atoms with E-state index < -0.39 is 40.3 Å². The van der Waals surface area contributed by atoms with Crippen molar-refractivity contribution in [2.75, 3.05) is 29.3 Å². The first-order valence-corrected chi connectivity index (χ1v) is 12.7. The molecule has 198 valence electrons. The molecular formula is C25H31F4N3O3S. The van der Waals surface area contributed by atoms with Crippen molar-refractivity contribution in [2.45, 2.75) is 52.3 Å². The normalized spacial score (nSPS) is 16.6. The Morgan fingerprint density at radius 3 is 2.33 bits per heavy atom. The van der Waals surface area contributed by atoms with E-state index in [-0.39, 0.29) is 17.6 Å². The third-order valence-corrected chi connectivity index (χ3v) is 7.49. The Morgan fingerprint density at radius 2 is 1.78 bits per heavy atom. The Bertz CT molecular complexity index is 1180. The lowest BCUT2D eigenvalue weighted by Gasteiger charge is -2.39. The molecule has 1 aliphatic heterocycles. The average Bonchev–Trinajstić information content (AvgIpc) is 2.80. The molecule has 6 nitrogen and oxygen atoms in total. The van der Waals surface area contributed by atoms with Gasteiger partial charge in [0.1, 0.15) is 5.82 Å². The molecule has 2 aromatic rings. The minimum Gasteiger partial charge on any atom is -0.371 e. The van der Waals surface area contributed by atoms with Gasteiger partial charge in [-0.25, -0.2) is 12.8 Å². The van der Waals surface area contributed by atoms with Crippen LogP contribution in [0.15, 0.2) is 36.4 Å². The molecule has 2 aromatic carbocycles. The van der Waals surface area contributed by atoms with Crippen LogP contribution in [-0.4, -0.2) is 34.5 Å². The number of nitrogens with zero attached hydrogens (tertiary/aromatic N) is 2. The van der Waals surface area contributed by atoms with E-state index in [1.165, 1.54) is 25.2 Å². The van der Waals surface area contributed by atoms with E-state index in [0.717, 1.165) is 35.3 Å². The Balaban J connectivity index is 1.78. The van der Waals surface area contributed by atoms with Crippen molar-refractivity contribution in [3.05, 3.63) is 58.9 Å². The fourth-order valence-electron chi connectivity index (χ4n) is 4.17. The monoisotopic (exact) mass is 529 g/mol. The van der Waals surface area contributed by atoms with Gasteiger partial charge in [0, 0.05) is 32.4 Å². The van der Waals surface area contributed by atoms with Crippen LogP contribution in [0.2, 0.25) is 0 Å². The molecule has 3 rings (SSSR count). The molecule has 0 aliphatic carbocycles. The number of hydrogen-bond acceptors (Lipinski definition) is 4. The quantitative estimate of drug-likeness (QED) is 0.397. The number of alkyl halides is 3. The Labute approximate surface area is 210 Å². The van der Waals surface area contributed by atoms with E-state index in [4.69, 9.17) is 0 Å². The fraction of sp³-hybridized carbons (Fsp3) is 0.480. The maximum Gasteiger partial charge on any atom is 0.416 e. The third-order valence-electron chi connectivity index (χ3n) is 6.78. The van der Waals surface area contributed by atoms with E-state index in [1.54, 1.807) is 6.92 Å². The zero-order valence-corrected chi connectivity index (χ0v) is 21.5. The summed E-state index contributed by atoms with van der Waals surface area (Å²) in [7, 11) is -1.79. The number of benzene rings is 2. The number of piperidine rings is 1. The van der Waals surface area contributed by atoms with Crippen molar-refractivity contribution in [3.63, 3.8) is 0 Å². The largest absolute Gasteiger partial charge is 0.416 e. The molecule has 1 N–H and O–H groups in total. The number of amides is 1. The smallest absolute Gasteiger partial charge is 0.371 e. The molecule has 0 spiro atoms. The molecule has 1 amide bonds. The molecule has 1 heterocycles. The van der Waals surface area contributed by atoms with Crippen LogP contribution in [0.5, 0.6) is 0 Å². The summed E-state index contributed by atoms with van der Waals surface area (Å²) in [6.45, 7) is 7.07. The van der Waals surface area contributed by atoms with Gasteiger partial charge in [-0.05, 0) is 60.6 Å². The fourth-order valence-corrected chi connectivity index (χ4v) is 4.50. The highest BCUT2D eigenvalue weighted by atomic mass is 32.2. The molecule has 11 heteroatoms. The third kappa shape index (κ3) is 6.48. The van der Waals surface area contributed by atoms with E-state index in [0.29, 0.717) is 29.9 Å². The van der Waals surface area contributed by atoms with Gasteiger partial charge < -0.3 is 10.2 Å². The summed E-state index contributed by atoms with van der Waals surface area (Å²) in [5.41, 5.74) is 0.580. The van der Waals surface area contributed by atoms with Crippen LogP contribution >= 0.6 is 0 Å². The van der Waals surface area contributed by atoms with E-state index in [9.17, 15) is 30.8 Å². The molecule has 1 fully saturated rings. The number of nitrogens with one attached hydrogen (secondary N) is 1. The molecule has 0 radical (unpaired) electrons. The second kappa shape index (κ2) is 10.7. The van der Waals surface area contributed by atoms with Gasteiger partial charge >= 0.3 is 6.18 Å². The standard InChI is InChI=1S/C25H31F4N3O3S/c1-16(17-6-8-21(20(26)13-17)31(4)36(34)35)23(33)30-15-18-5-7-19(25(27,28)29)14-22(18)32-11-9-24(2,3)10-12-32/h5-8,13-14,16,36H,9-12,15H2,1-4H3,(H,30,33). The van der Waals surface area contributed by atoms with Gasteiger partial charge in [0.15, 0.2) is 0 Å². The lowest BCUT2D eigenvalue weighted by Crippen LogP contribution is -2.38. The van der Waals surface area contributed by atoms with Crippen LogP contribution in [0.25, 0.3) is 0 Å². The van der Waals surface area contributed by atoms with Crippen LogP contribution < -0.4 is 14.5 Å². The van der Waals surface area contributed by atoms with Crippen LogP contribution in [0.1, 0.15) is 56.2 Å². The predicted octanol–water partition coefficient (Wildman–Crippen LogP) is 4.85. The van der Waals surface area contributed by atoms with Gasteiger partial charge in [-0.3, -0.25) is 9.10 Å². The summed E-state index contributed by atoms with van der Waals surface area (Å²) in [5.74, 6) is -1.99. The summed E-state index contributed by atoms with van der Waals surface area (Å²) in [4.78, 5) is 14.7. The molecule has 0 saturated carbocycles. The first-order chi connectivity index (χ1) is 16.7. The molecule has 0 bridgehead atoms. The number of carbonyl (C=O) groups is 1. The van der Waals surface area contributed by atoms with Crippen molar-refractivity contribution < 1.29 is 30.8 Å². The van der Waals surface area contributed by atoms with Crippen LogP contribution in [0.4, 0.5) is 28.9 Å². The Morgan fingerprint density at radius 1 is 1.14 bits per heavy atom. The minimum absolute atomic E-state index is 0.0104. The highest BCUT2D eigenvalue weighted by Gasteiger charge is 2.33. The lowest BCUT2D eigenvalue weighted by atomic mass is 9.82. The average molecular weight is 530 g/mol. The molecule has 1 atom stereocenters. The molecule has 1 aliphatic rings. The number of halogens is 4. The predicted molar refractivity (Wildman–Crippen MR) is 132 cm³/mol. The first kappa shape index (κ1) is 27.8. The zero-order chi connectivity index (χ0) is 26.8. The molecule has 1 saturated heterocycles. The number of hydrogen-bond donors (Lipinski definition) is 2. The number of rotatable bonds is 7. The van der Waals surface area contributed by atoms with Gasteiger partial charge in [-0.2, -0.15) is 13.2 Å².